The van der Waals surface area contributed by atoms with Gasteiger partial charge in [-0.2, -0.15) is 0 Å². The largest absolute Gasteiger partial charge is 0.494 e. The Labute approximate surface area is 101 Å². The number of piperidine rings is 1. The van der Waals surface area contributed by atoms with E-state index in [1.807, 2.05) is 4.90 Å². The smallest absolute Gasteiger partial charge is 0.292 e. The summed E-state index contributed by atoms with van der Waals surface area (Å²) >= 11 is 0. The maximum Gasteiger partial charge on any atom is 0.292 e. The summed E-state index contributed by atoms with van der Waals surface area (Å²) < 4.78 is 10.5. The Morgan fingerprint density at radius 3 is 3.12 bits per heavy atom. The third-order valence-corrected chi connectivity index (χ3v) is 3.75. The van der Waals surface area contributed by atoms with Gasteiger partial charge in [-0.15, -0.1) is 0 Å². The molecule has 0 bridgehead atoms. The molecule has 3 rings (SSSR count). The summed E-state index contributed by atoms with van der Waals surface area (Å²) in [5, 5.41) is 3.48. The van der Waals surface area contributed by atoms with Gasteiger partial charge in [-0.1, -0.05) is 0 Å². The van der Waals surface area contributed by atoms with Crippen LogP contribution in [0.25, 0.3) is 0 Å². The van der Waals surface area contributed by atoms with E-state index >= 15 is 0 Å². The van der Waals surface area contributed by atoms with Gasteiger partial charge in [0.1, 0.15) is 19.5 Å². The Morgan fingerprint density at radius 2 is 2.35 bits per heavy atom. The average Bonchev–Trinajstić information content (AvgIpc) is 2.82. The van der Waals surface area contributed by atoms with E-state index in [0.717, 1.165) is 19.6 Å². The highest BCUT2D eigenvalue weighted by molar-refractivity contribution is 5.91. The molecule has 17 heavy (non-hydrogen) atoms. The normalized spacial score (nSPS) is 32.2. The molecule has 0 radical (unpaired) electrons. The van der Waals surface area contributed by atoms with Gasteiger partial charge in [0.15, 0.2) is 0 Å². The number of carbonyl (C=O) groups excluding carboxylic acids is 1. The first-order chi connectivity index (χ1) is 8.34. The van der Waals surface area contributed by atoms with Crippen molar-refractivity contribution in [3.05, 3.63) is 12.0 Å². The van der Waals surface area contributed by atoms with Crippen molar-refractivity contribution >= 4 is 5.91 Å². The maximum absolute atomic E-state index is 12.2. The standard InChI is InChI=1S/C12H18N2O3/c15-12(11-8-16-4-5-17-11)14-6-9-2-1-3-13-10(9)7-14/h8-10,13H,1-7H2. The Morgan fingerprint density at radius 1 is 1.41 bits per heavy atom. The van der Waals surface area contributed by atoms with Crippen LogP contribution >= 0.6 is 0 Å². The molecule has 0 spiro atoms. The number of ether oxygens (including phenoxy) is 2. The Hall–Kier alpha value is -1.23. The molecule has 3 aliphatic rings. The fourth-order valence-corrected chi connectivity index (χ4v) is 2.85. The molecular formula is C12H18N2O3. The van der Waals surface area contributed by atoms with Gasteiger partial charge in [-0.3, -0.25) is 4.79 Å². The third kappa shape index (κ3) is 2.11. The molecule has 2 fully saturated rings. The van der Waals surface area contributed by atoms with Crippen LogP contribution in [0.4, 0.5) is 0 Å². The van der Waals surface area contributed by atoms with Gasteiger partial charge in [-0.25, -0.2) is 0 Å². The van der Waals surface area contributed by atoms with Crippen molar-refractivity contribution < 1.29 is 14.3 Å². The molecule has 2 saturated heterocycles. The molecule has 5 heteroatoms. The van der Waals surface area contributed by atoms with E-state index in [0.29, 0.717) is 30.9 Å². The lowest BCUT2D eigenvalue weighted by atomic mass is 9.94. The fourth-order valence-electron chi connectivity index (χ4n) is 2.85. The van der Waals surface area contributed by atoms with Crippen LogP contribution in [0.2, 0.25) is 0 Å². The van der Waals surface area contributed by atoms with Crippen molar-refractivity contribution in [2.45, 2.75) is 18.9 Å². The van der Waals surface area contributed by atoms with E-state index in [4.69, 9.17) is 9.47 Å². The highest BCUT2D eigenvalue weighted by Crippen LogP contribution is 2.26. The van der Waals surface area contributed by atoms with Gasteiger partial charge in [-0.05, 0) is 25.3 Å². The van der Waals surface area contributed by atoms with E-state index in [1.54, 1.807) is 0 Å². The quantitative estimate of drug-likeness (QED) is 0.703. The molecule has 0 aromatic heterocycles. The van der Waals surface area contributed by atoms with Gasteiger partial charge in [0.2, 0.25) is 5.76 Å². The van der Waals surface area contributed by atoms with E-state index in [1.165, 1.54) is 19.1 Å². The molecule has 3 aliphatic heterocycles. The highest BCUT2D eigenvalue weighted by Gasteiger charge is 2.37. The van der Waals surface area contributed by atoms with Gasteiger partial charge in [0, 0.05) is 19.1 Å². The first-order valence-corrected chi connectivity index (χ1v) is 6.32. The summed E-state index contributed by atoms with van der Waals surface area (Å²) in [6.07, 6.45) is 3.88. The lowest BCUT2D eigenvalue weighted by Crippen LogP contribution is -2.41. The molecule has 0 aromatic rings. The van der Waals surface area contributed by atoms with Crippen LogP contribution in [0, 0.1) is 5.92 Å². The van der Waals surface area contributed by atoms with Crippen molar-refractivity contribution in [2.24, 2.45) is 5.92 Å². The third-order valence-electron chi connectivity index (χ3n) is 3.75. The summed E-state index contributed by atoms with van der Waals surface area (Å²) in [5.74, 6) is 0.939. The summed E-state index contributed by atoms with van der Waals surface area (Å²) in [7, 11) is 0. The summed E-state index contributed by atoms with van der Waals surface area (Å²) in [4.78, 5) is 14.1. The number of hydrogen-bond acceptors (Lipinski definition) is 4. The number of likely N-dealkylation sites (tertiary alicyclic amines) is 1. The van der Waals surface area contributed by atoms with Crippen LogP contribution in [-0.2, 0) is 14.3 Å². The second-order valence-corrected chi connectivity index (χ2v) is 4.87. The lowest BCUT2D eigenvalue weighted by Gasteiger charge is -2.24. The number of carbonyl (C=O) groups is 1. The number of hydrogen-bond donors (Lipinski definition) is 1. The molecule has 2 atom stereocenters. The first-order valence-electron chi connectivity index (χ1n) is 6.32. The van der Waals surface area contributed by atoms with E-state index < -0.39 is 0 Å². The molecule has 2 unspecified atom stereocenters. The van der Waals surface area contributed by atoms with Crippen LogP contribution in [0.5, 0.6) is 0 Å². The first kappa shape index (κ1) is 10.9. The minimum atomic E-state index is -0.0269. The van der Waals surface area contributed by atoms with Gasteiger partial charge < -0.3 is 19.7 Å². The predicted molar refractivity (Wildman–Crippen MR) is 61.1 cm³/mol. The van der Waals surface area contributed by atoms with E-state index in [-0.39, 0.29) is 5.91 Å². The molecule has 94 valence electrons. The van der Waals surface area contributed by atoms with E-state index in [2.05, 4.69) is 5.32 Å². The summed E-state index contributed by atoms with van der Waals surface area (Å²) in [6, 6.07) is 0.470. The molecule has 3 heterocycles. The topological polar surface area (TPSA) is 50.8 Å². The second kappa shape index (κ2) is 4.56. The SMILES string of the molecule is O=C(C1=COCCO1)N1CC2CCCNC2C1. The van der Waals surface area contributed by atoms with Crippen LogP contribution in [-0.4, -0.2) is 49.7 Å². The minimum absolute atomic E-state index is 0.0269. The monoisotopic (exact) mass is 238 g/mol. The predicted octanol–water partition coefficient (Wildman–Crippen LogP) is 0.0850. The van der Waals surface area contributed by atoms with Gasteiger partial charge >= 0.3 is 0 Å². The Kier molecular flexibility index (Phi) is 2.93. The number of nitrogens with one attached hydrogen (secondary N) is 1. The number of fused-ring (bicyclic) bond motifs is 1. The zero-order chi connectivity index (χ0) is 11.7. The van der Waals surface area contributed by atoms with E-state index in [9.17, 15) is 4.79 Å². The summed E-state index contributed by atoms with van der Waals surface area (Å²) in [5.41, 5.74) is 0. The second-order valence-electron chi connectivity index (χ2n) is 4.87. The molecular weight excluding hydrogens is 220 g/mol. The number of amides is 1. The zero-order valence-electron chi connectivity index (χ0n) is 9.85. The molecule has 0 aromatic carbocycles. The van der Waals surface area contributed by atoms with Gasteiger partial charge in [0.25, 0.3) is 5.91 Å². The minimum Gasteiger partial charge on any atom is -0.494 e. The number of nitrogens with zero attached hydrogens (tertiary/aromatic N) is 1. The molecule has 0 saturated carbocycles. The lowest BCUT2D eigenvalue weighted by molar-refractivity contribution is -0.131. The van der Waals surface area contributed by atoms with Crippen molar-refractivity contribution in [3.8, 4) is 0 Å². The van der Waals surface area contributed by atoms with Crippen LogP contribution in [0.15, 0.2) is 12.0 Å². The molecule has 5 nitrogen and oxygen atoms in total. The zero-order valence-corrected chi connectivity index (χ0v) is 9.85. The number of rotatable bonds is 1. The molecule has 1 N–H and O–H groups in total. The highest BCUT2D eigenvalue weighted by atomic mass is 16.6. The summed E-state index contributed by atoms with van der Waals surface area (Å²) in [6.45, 7) is 3.72. The van der Waals surface area contributed by atoms with Crippen LogP contribution in [0.1, 0.15) is 12.8 Å². The Balaban J connectivity index is 1.65. The molecule has 1 amide bonds. The van der Waals surface area contributed by atoms with Crippen LogP contribution < -0.4 is 5.32 Å². The fraction of sp³-hybridized carbons (Fsp3) is 0.750. The van der Waals surface area contributed by atoms with Crippen molar-refractivity contribution in [2.75, 3.05) is 32.8 Å². The maximum atomic E-state index is 12.2. The molecule has 0 aliphatic carbocycles. The van der Waals surface area contributed by atoms with Crippen molar-refractivity contribution in [3.63, 3.8) is 0 Å². The van der Waals surface area contributed by atoms with Crippen molar-refractivity contribution in [1.29, 1.82) is 0 Å². The average molecular weight is 238 g/mol. The van der Waals surface area contributed by atoms with Crippen molar-refractivity contribution in [1.82, 2.24) is 10.2 Å². The Bertz CT molecular complexity index is 329. The van der Waals surface area contributed by atoms with Gasteiger partial charge in [0.05, 0.1) is 0 Å². The van der Waals surface area contributed by atoms with Crippen LogP contribution in [0.3, 0.4) is 0 Å².